The Morgan fingerprint density at radius 2 is 2.00 bits per heavy atom. The molecule has 0 saturated carbocycles. The van der Waals surface area contributed by atoms with Crippen LogP contribution in [0.2, 0.25) is 0 Å². The summed E-state index contributed by atoms with van der Waals surface area (Å²) in [7, 11) is 0. The fourth-order valence-corrected chi connectivity index (χ4v) is 1.67. The third-order valence-electron chi connectivity index (χ3n) is 3.24. The first kappa shape index (κ1) is 13.1. The number of rotatable bonds is 5. The first-order valence-electron chi connectivity index (χ1n) is 5.91. The highest BCUT2D eigenvalue weighted by atomic mass is 19.1. The van der Waals surface area contributed by atoms with Crippen molar-refractivity contribution in [3.05, 3.63) is 29.8 Å². The van der Waals surface area contributed by atoms with E-state index in [9.17, 15) is 4.39 Å². The molecular formula is C13H21FN2. The Balaban J connectivity index is 2.61. The molecule has 0 bridgehead atoms. The lowest BCUT2D eigenvalue weighted by Crippen LogP contribution is -2.34. The summed E-state index contributed by atoms with van der Waals surface area (Å²) < 4.78 is 13.0. The fourth-order valence-electron chi connectivity index (χ4n) is 1.67. The molecule has 0 radical (unpaired) electrons. The van der Waals surface area contributed by atoms with Gasteiger partial charge in [0.15, 0.2) is 0 Å². The maximum atomic E-state index is 13.0. The van der Waals surface area contributed by atoms with Crippen molar-refractivity contribution in [3.63, 3.8) is 0 Å². The lowest BCUT2D eigenvalue weighted by Gasteiger charge is -2.24. The first-order valence-corrected chi connectivity index (χ1v) is 5.91. The van der Waals surface area contributed by atoms with Crippen molar-refractivity contribution in [3.8, 4) is 0 Å². The summed E-state index contributed by atoms with van der Waals surface area (Å²) in [6.45, 7) is 8.60. The molecule has 0 fully saturated rings. The maximum Gasteiger partial charge on any atom is 0.141 e. The highest BCUT2D eigenvalue weighted by molar-refractivity contribution is 5.14. The van der Waals surface area contributed by atoms with E-state index in [1.165, 1.54) is 12.3 Å². The van der Waals surface area contributed by atoms with Crippen LogP contribution < -0.4 is 5.32 Å². The highest BCUT2D eigenvalue weighted by Gasteiger charge is 2.14. The minimum Gasteiger partial charge on any atom is -0.307 e. The minimum atomic E-state index is -0.276. The molecule has 3 heteroatoms. The number of nitrogens with one attached hydrogen (secondary N) is 1. The van der Waals surface area contributed by atoms with Crippen LogP contribution in [0.25, 0.3) is 0 Å². The van der Waals surface area contributed by atoms with Gasteiger partial charge in [0.25, 0.3) is 0 Å². The molecule has 2 nitrogen and oxygen atoms in total. The SMILES string of the molecule is CCC(C)C(C)NC(C)c1cncc(F)c1. The second kappa shape index (κ2) is 5.94. The van der Waals surface area contributed by atoms with E-state index >= 15 is 0 Å². The van der Waals surface area contributed by atoms with Crippen molar-refractivity contribution in [2.24, 2.45) is 5.92 Å². The molecule has 1 aromatic rings. The van der Waals surface area contributed by atoms with Crippen LogP contribution in [0.3, 0.4) is 0 Å². The monoisotopic (exact) mass is 224 g/mol. The summed E-state index contributed by atoms with van der Waals surface area (Å²) >= 11 is 0. The Morgan fingerprint density at radius 3 is 2.56 bits per heavy atom. The molecule has 0 aliphatic heterocycles. The predicted molar refractivity (Wildman–Crippen MR) is 64.7 cm³/mol. The van der Waals surface area contributed by atoms with Gasteiger partial charge in [-0.3, -0.25) is 4.98 Å². The van der Waals surface area contributed by atoms with Gasteiger partial charge in [0, 0.05) is 18.3 Å². The smallest absolute Gasteiger partial charge is 0.141 e. The quantitative estimate of drug-likeness (QED) is 0.830. The normalized spacial score (nSPS) is 16.8. The van der Waals surface area contributed by atoms with Gasteiger partial charge in [0.1, 0.15) is 5.82 Å². The third kappa shape index (κ3) is 3.56. The van der Waals surface area contributed by atoms with Crippen molar-refractivity contribution >= 4 is 0 Å². The van der Waals surface area contributed by atoms with Crippen molar-refractivity contribution in [1.29, 1.82) is 0 Å². The van der Waals surface area contributed by atoms with Crippen LogP contribution in [0, 0.1) is 11.7 Å². The van der Waals surface area contributed by atoms with Crippen molar-refractivity contribution < 1.29 is 4.39 Å². The van der Waals surface area contributed by atoms with Crippen LogP contribution in [-0.4, -0.2) is 11.0 Å². The van der Waals surface area contributed by atoms with E-state index in [0.717, 1.165) is 12.0 Å². The molecule has 3 unspecified atom stereocenters. The maximum absolute atomic E-state index is 13.0. The second-order valence-corrected chi connectivity index (χ2v) is 4.50. The second-order valence-electron chi connectivity index (χ2n) is 4.50. The molecule has 0 saturated heterocycles. The lowest BCUT2D eigenvalue weighted by atomic mass is 9.99. The van der Waals surface area contributed by atoms with Gasteiger partial charge >= 0.3 is 0 Å². The molecule has 0 amide bonds. The summed E-state index contributed by atoms with van der Waals surface area (Å²) in [6, 6.07) is 2.09. The summed E-state index contributed by atoms with van der Waals surface area (Å²) in [5.74, 6) is 0.339. The molecule has 0 aromatic carbocycles. The van der Waals surface area contributed by atoms with E-state index in [1.54, 1.807) is 6.20 Å². The molecular weight excluding hydrogens is 203 g/mol. The minimum absolute atomic E-state index is 0.132. The number of pyridine rings is 1. The number of aromatic nitrogens is 1. The Bertz CT molecular complexity index is 327. The Morgan fingerprint density at radius 1 is 1.31 bits per heavy atom. The Kier molecular flexibility index (Phi) is 4.87. The largest absolute Gasteiger partial charge is 0.307 e. The molecule has 1 N–H and O–H groups in total. The van der Waals surface area contributed by atoms with Crippen LogP contribution in [0.1, 0.15) is 45.7 Å². The van der Waals surface area contributed by atoms with Gasteiger partial charge in [-0.2, -0.15) is 0 Å². The van der Waals surface area contributed by atoms with Crippen molar-refractivity contribution in [2.75, 3.05) is 0 Å². The molecule has 0 spiro atoms. The lowest BCUT2D eigenvalue weighted by molar-refractivity contribution is 0.359. The number of nitrogens with zero attached hydrogens (tertiary/aromatic N) is 1. The zero-order valence-corrected chi connectivity index (χ0v) is 10.5. The predicted octanol–water partition coefficient (Wildman–Crippen LogP) is 3.31. The van der Waals surface area contributed by atoms with E-state index in [2.05, 4.69) is 31.1 Å². The summed E-state index contributed by atoms with van der Waals surface area (Å²) in [6.07, 6.45) is 4.08. The molecule has 16 heavy (non-hydrogen) atoms. The van der Waals surface area contributed by atoms with E-state index in [0.29, 0.717) is 12.0 Å². The Hall–Kier alpha value is -0.960. The van der Waals surface area contributed by atoms with Gasteiger partial charge in [-0.05, 0) is 31.4 Å². The topological polar surface area (TPSA) is 24.9 Å². The van der Waals surface area contributed by atoms with E-state index in [-0.39, 0.29) is 11.9 Å². The van der Waals surface area contributed by atoms with Crippen LogP contribution in [0.5, 0.6) is 0 Å². The molecule has 1 rings (SSSR count). The zero-order chi connectivity index (χ0) is 12.1. The van der Waals surface area contributed by atoms with Crippen LogP contribution in [0.15, 0.2) is 18.5 Å². The van der Waals surface area contributed by atoms with Gasteiger partial charge in [0.05, 0.1) is 6.20 Å². The van der Waals surface area contributed by atoms with E-state index in [1.807, 2.05) is 6.92 Å². The standard InChI is InChI=1S/C13H21FN2/c1-5-9(2)10(3)16-11(4)12-6-13(14)8-15-7-12/h6-11,16H,5H2,1-4H3. The van der Waals surface area contributed by atoms with Gasteiger partial charge in [-0.25, -0.2) is 4.39 Å². The van der Waals surface area contributed by atoms with E-state index < -0.39 is 0 Å². The molecule has 0 aliphatic rings. The summed E-state index contributed by atoms with van der Waals surface area (Å²) in [5, 5.41) is 3.47. The number of hydrogen-bond donors (Lipinski definition) is 1. The van der Waals surface area contributed by atoms with E-state index in [4.69, 9.17) is 0 Å². The van der Waals surface area contributed by atoms with Crippen molar-refractivity contribution in [1.82, 2.24) is 10.3 Å². The number of hydrogen-bond acceptors (Lipinski definition) is 2. The van der Waals surface area contributed by atoms with Crippen LogP contribution in [0.4, 0.5) is 4.39 Å². The molecule has 1 heterocycles. The first-order chi connectivity index (χ1) is 7.54. The average molecular weight is 224 g/mol. The van der Waals surface area contributed by atoms with Gasteiger partial charge < -0.3 is 5.32 Å². The summed E-state index contributed by atoms with van der Waals surface area (Å²) in [4.78, 5) is 3.86. The van der Waals surface area contributed by atoms with Crippen LogP contribution >= 0.6 is 0 Å². The molecule has 1 aromatic heterocycles. The zero-order valence-electron chi connectivity index (χ0n) is 10.5. The number of halogens is 1. The summed E-state index contributed by atoms with van der Waals surface area (Å²) in [5.41, 5.74) is 0.898. The van der Waals surface area contributed by atoms with Gasteiger partial charge in [-0.1, -0.05) is 20.3 Å². The van der Waals surface area contributed by atoms with Crippen molar-refractivity contribution in [2.45, 2.75) is 46.2 Å². The fraction of sp³-hybridized carbons (Fsp3) is 0.615. The van der Waals surface area contributed by atoms with Gasteiger partial charge in [0.2, 0.25) is 0 Å². The Labute approximate surface area is 97.3 Å². The van der Waals surface area contributed by atoms with Gasteiger partial charge in [-0.15, -0.1) is 0 Å². The van der Waals surface area contributed by atoms with Crippen LogP contribution in [-0.2, 0) is 0 Å². The molecule has 3 atom stereocenters. The average Bonchev–Trinajstić information content (AvgIpc) is 2.27. The molecule has 0 aliphatic carbocycles. The highest BCUT2D eigenvalue weighted by Crippen LogP contribution is 2.16. The third-order valence-corrected chi connectivity index (χ3v) is 3.24. The molecule has 90 valence electrons.